The lowest BCUT2D eigenvalue weighted by molar-refractivity contribution is -0.128. The van der Waals surface area contributed by atoms with Crippen LogP contribution in [-0.2, 0) is 22.4 Å². The number of aliphatic hydroxyl groups excluding tert-OH is 1. The van der Waals surface area contributed by atoms with Crippen molar-refractivity contribution in [1.82, 2.24) is 20.9 Å². The summed E-state index contributed by atoms with van der Waals surface area (Å²) in [4.78, 5) is 41.8. The number of hydrogen-bond donors (Lipinski definition) is 4. The van der Waals surface area contributed by atoms with Gasteiger partial charge < -0.3 is 30.7 Å². The SMILES string of the molecule is [2H]c1c([2H])c([2H])c(C([2H])([2H])[C@]([2H])(NC(=O)COc2c(C)cccc2C)[C@@H](O)C[C@H](Cc2ccccc2)NC(=O)[C@@]([2H])(N2CCCNC2=O)C([2H])(C([2H])([2H])[2H])C([2H])([2H])[2H])c([2H])c1[2H]. The van der Waals surface area contributed by atoms with E-state index in [1.807, 2.05) is 0 Å². The number of nitrogens with one attached hydrogen (secondary N) is 3. The molecule has 46 heavy (non-hydrogen) atoms. The van der Waals surface area contributed by atoms with Gasteiger partial charge in [-0.2, -0.15) is 0 Å². The van der Waals surface area contributed by atoms with Crippen LogP contribution in [0.2, 0.25) is 0 Å². The molecular weight excluding hydrogens is 580 g/mol. The number of amides is 4. The Morgan fingerprint density at radius 2 is 1.78 bits per heavy atom. The van der Waals surface area contributed by atoms with E-state index in [-0.39, 0.29) is 25.1 Å². The predicted octanol–water partition coefficient (Wildman–Crippen LogP) is 4.33. The summed E-state index contributed by atoms with van der Waals surface area (Å²) >= 11 is 0. The van der Waals surface area contributed by atoms with Gasteiger partial charge in [0.05, 0.1) is 21.7 Å². The van der Waals surface area contributed by atoms with Crippen LogP contribution in [0.15, 0.2) is 78.7 Å². The number of urea groups is 1. The largest absolute Gasteiger partial charge is 0.483 e. The summed E-state index contributed by atoms with van der Waals surface area (Å²) in [5, 5.41) is 18.8. The van der Waals surface area contributed by atoms with Gasteiger partial charge in [0, 0.05) is 31.5 Å². The first-order chi connectivity index (χ1) is 28.5. The summed E-state index contributed by atoms with van der Waals surface area (Å²) < 4.78 is 142. The van der Waals surface area contributed by atoms with Gasteiger partial charge in [-0.15, -0.1) is 0 Å². The van der Waals surface area contributed by atoms with Crippen LogP contribution in [-0.4, -0.2) is 71.7 Å². The van der Waals surface area contributed by atoms with Crippen molar-refractivity contribution in [3.63, 3.8) is 0 Å². The average Bonchev–Trinajstić information content (AvgIpc) is 3.17. The van der Waals surface area contributed by atoms with Crippen molar-refractivity contribution in [1.29, 1.82) is 0 Å². The van der Waals surface area contributed by atoms with E-state index in [0.717, 1.165) is 0 Å². The molecule has 9 heteroatoms. The van der Waals surface area contributed by atoms with Gasteiger partial charge in [0.1, 0.15) is 11.8 Å². The molecule has 3 aromatic rings. The van der Waals surface area contributed by atoms with Crippen LogP contribution >= 0.6 is 0 Å². The molecule has 0 aliphatic carbocycles. The molecule has 1 saturated heterocycles. The first-order valence-corrected chi connectivity index (χ1v) is 14.6. The summed E-state index contributed by atoms with van der Waals surface area (Å²) in [6.45, 7) is -5.90. The molecule has 4 amide bonds. The molecule has 0 aromatic heterocycles. The normalized spacial score (nSPS) is 23.3. The zero-order chi connectivity index (χ0) is 47.0. The quantitative estimate of drug-likeness (QED) is 0.196. The lowest BCUT2D eigenvalue weighted by Crippen LogP contribution is -2.59. The maximum atomic E-state index is 14.6. The number of ether oxygens (including phenoxy) is 1. The third-order valence-corrected chi connectivity index (χ3v) is 7.09. The highest BCUT2D eigenvalue weighted by Gasteiger charge is 2.35. The molecule has 1 fully saturated rings. The minimum atomic E-state index is -4.02. The van der Waals surface area contributed by atoms with Crippen LogP contribution in [0.1, 0.15) is 70.7 Å². The fourth-order valence-electron chi connectivity index (χ4n) is 4.94. The number of para-hydroxylation sites is 1. The molecule has 0 saturated carbocycles. The predicted molar refractivity (Wildman–Crippen MR) is 180 cm³/mol. The lowest BCUT2D eigenvalue weighted by atomic mass is 9.92. The van der Waals surface area contributed by atoms with E-state index in [9.17, 15) is 25.0 Å². The van der Waals surface area contributed by atoms with Crippen molar-refractivity contribution in [2.75, 3.05) is 19.7 Å². The third kappa shape index (κ3) is 9.81. The molecule has 4 atom stereocenters. The molecule has 0 radical (unpaired) electrons. The van der Waals surface area contributed by atoms with Gasteiger partial charge in [0.25, 0.3) is 5.91 Å². The van der Waals surface area contributed by atoms with Crippen molar-refractivity contribution >= 4 is 17.8 Å². The van der Waals surface area contributed by atoms with E-state index in [4.69, 9.17) is 21.2 Å². The molecule has 4 N–H and O–H groups in total. The Morgan fingerprint density at radius 3 is 2.46 bits per heavy atom. The first kappa shape index (κ1) is 18.7. The van der Waals surface area contributed by atoms with Crippen LogP contribution in [0.4, 0.5) is 4.79 Å². The van der Waals surface area contributed by atoms with E-state index >= 15 is 0 Å². The van der Waals surface area contributed by atoms with Gasteiger partial charge in [-0.25, -0.2) is 4.79 Å². The summed E-state index contributed by atoms with van der Waals surface area (Å²) in [5.41, 5.74) is 0.443. The van der Waals surface area contributed by atoms with Gasteiger partial charge >= 0.3 is 6.03 Å². The van der Waals surface area contributed by atoms with Gasteiger partial charge in [-0.1, -0.05) is 92.4 Å². The van der Waals surface area contributed by atoms with Crippen molar-refractivity contribution < 1.29 is 46.2 Å². The Balaban J connectivity index is 1.89. The van der Waals surface area contributed by atoms with E-state index in [0.29, 0.717) is 21.6 Å². The summed E-state index contributed by atoms with van der Waals surface area (Å²) in [6, 6.07) is -2.30. The Kier molecular flexibility index (Phi) is 6.83. The fourth-order valence-corrected chi connectivity index (χ4v) is 4.94. The van der Waals surface area contributed by atoms with Crippen LogP contribution in [0.25, 0.3) is 0 Å². The van der Waals surface area contributed by atoms with E-state index in [1.54, 1.807) is 50.2 Å². The van der Waals surface area contributed by atoms with Crippen molar-refractivity contribution in [3.8, 4) is 5.75 Å². The Hall–Kier alpha value is -4.37. The van der Waals surface area contributed by atoms with E-state index in [2.05, 4.69) is 16.0 Å². The second kappa shape index (κ2) is 16.8. The van der Waals surface area contributed by atoms with E-state index in [1.165, 1.54) is 12.1 Å². The van der Waals surface area contributed by atoms with Crippen LogP contribution in [0.3, 0.4) is 0 Å². The molecule has 1 aliphatic rings. The molecule has 0 bridgehead atoms. The number of rotatable bonds is 15. The number of benzene rings is 3. The molecule has 4 rings (SSSR count). The van der Waals surface area contributed by atoms with Gasteiger partial charge in [-0.3, -0.25) is 9.59 Å². The smallest absolute Gasteiger partial charge is 0.318 e. The maximum absolute atomic E-state index is 14.6. The number of aliphatic hydroxyl groups is 1. The number of hydrogen-bond acceptors (Lipinski definition) is 5. The average molecular weight is 645 g/mol. The van der Waals surface area contributed by atoms with Crippen LogP contribution in [0.5, 0.6) is 5.75 Å². The molecular formula is C37H48N4O5. The van der Waals surface area contributed by atoms with Crippen molar-refractivity contribution in [2.45, 2.75) is 77.4 Å². The molecule has 246 valence electrons. The summed E-state index contributed by atoms with van der Waals surface area (Å²) in [5.74, 6) is -6.79. The molecule has 1 aliphatic heterocycles. The van der Waals surface area contributed by atoms with Gasteiger partial charge in [0.15, 0.2) is 6.61 Å². The van der Waals surface area contributed by atoms with Crippen LogP contribution in [0, 0.1) is 19.7 Å². The Morgan fingerprint density at radius 1 is 1.07 bits per heavy atom. The van der Waals surface area contributed by atoms with Crippen molar-refractivity contribution in [2.24, 2.45) is 5.89 Å². The third-order valence-electron chi connectivity index (χ3n) is 7.09. The number of carbonyl (C=O) groups is 3. The molecule has 0 spiro atoms. The highest BCUT2D eigenvalue weighted by atomic mass is 16.5. The number of nitrogens with zero attached hydrogens (tertiary/aromatic N) is 1. The minimum Gasteiger partial charge on any atom is -0.483 e. The second-order valence-electron chi connectivity index (χ2n) is 10.7. The number of carbonyl (C=O) groups excluding carboxylic acids is 3. The maximum Gasteiger partial charge on any atom is 0.318 e. The first-order valence-electron chi connectivity index (χ1n) is 22.6. The Bertz CT molecular complexity index is 2100. The van der Waals surface area contributed by atoms with E-state index < -0.39 is 123 Å². The Labute approximate surface area is 295 Å². The summed E-state index contributed by atoms with van der Waals surface area (Å²) in [6.07, 6.45) is -7.51. The molecule has 1 heterocycles. The highest BCUT2D eigenvalue weighted by molar-refractivity contribution is 5.87. The topological polar surface area (TPSA) is 120 Å². The highest BCUT2D eigenvalue weighted by Crippen LogP contribution is 2.22. The fraction of sp³-hybridized carbons (Fsp3) is 0.432. The second-order valence-corrected chi connectivity index (χ2v) is 10.7. The molecule has 9 nitrogen and oxygen atoms in total. The van der Waals surface area contributed by atoms with Gasteiger partial charge in [-0.05, 0) is 67.6 Å². The lowest BCUT2D eigenvalue weighted by Gasteiger charge is -2.37. The molecule has 0 unspecified atom stereocenters. The zero-order valence-electron chi connectivity index (χ0n) is 41.5. The minimum absolute atomic E-state index is 0.00436. The van der Waals surface area contributed by atoms with Crippen LogP contribution < -0.4 is 20.7 Å². The number of aryl methyl sites for hydroxylation is 2. The summed E-state index contributed by atoms with van der Waals surface area (Å²) in [7, 11) is 0. The monoisotopic (exact) mass is 644 g/mol. The zero-order valence-corrected chi connectivity index (χ0v) is 25.5. The van der Waals surface area contributed by atoms with Crippen molar-refractivity contribution in [3.05, 3.63) is 101 Å². The standard InChI is InChI=1S/C37H48N4O5/c1-25(2)34(41-20-12-19-38-37(41)45)36(44)39-30(21-28-15-7-5-8-16-28)23-32(42)31(22-29-17-9-6-10-18-29)40-33(43)24-46-35-26(3)13-11-14-27(35)4/h5-11,13-18,25,30-32,34,42H,12,19-24H2,1-4H3,(H,38,45)(H,39,44)(H,40,43)/t30-,31-,32-,34-/m0/s1/i1D3,2D3,6D,9D,10D,17D,18D,22D2,25D,31D,34D. The van der Waals surface area contributed by atoms with Gasteiger partial charge in [0.2, 0.25) is 5.91 Å². The molecule has 3 aromatic carbocycles.